The molecule has 0 fully saturated rings. The van der Waals surface area contributed by atoms with Crippen LogP contribution in [-0.4, -0.2) is 0 Å². The summed E-state index contributed by atoms with van der Waals surface area (Å²) in [6.45, 7) is 6.12. The van der Waals surface area contributed by atoms with Crippen LogP contribution in [0.1, 0.15) is 32.8 Å². The van der Waals surface area contributed by atoms with Crippen molar-refractivity contribution < 1.29 is 0 Å². The zero-order valence-corrected chi connectivity index (χ0v) is 9.91. The van der Waals surface area contributed by atoms with Crippen molar-refractivity contribution in [3.8, 4) is 0 Å². The number of aryl methyl sites for hydroxylation is 1. The molecular weight excluding hydrogens is 203 g/mol. The second-order valence-electron chi connectivity index (χ2n) is 2.49. The van der Waals surface area contributed by atoms with Crippen LogP contribution in [0.25, 0.3) is 0 Å². The molecule has 0 aliphatic rings. The van der Waals surface area contributed by atoms with Crippen LogP contribution in [0.2, 0.25) is 10.0 Å². The normalized spacial score (nSPS) is 9.00. The molecule has 0 amide bonds. The number of hydrogen-bond acceptors (Lipinski definition) is 0. The first-order chi connectivity index (χ1) is 6.24. The largest absolute Gasteiger partial charge is 0.0843 e. The number of benzene rings is 1. The third-order valence-corrected chi connectivity index (χ3v) is 2.13. The number of halogens is 2. The van der Waals surface area contributed by atoms with Gasteiger partial charge in [-0.05, 0) is 30.2 Å². The molecule has 0 aliphatic carbocycles. The van der Waals surface area contributed by atoms with Gasteiger partial charge in [-0.15, -0.1) is 0 Å². The van der Waals surface area contributed by atoms with Crippen molar-refractivity contribution in [3.05, 3.63) is 33.8 Å². The van der Waals surface area contributed by atoms with Crippen molar-refractivity contribution in [2.24, 2.45) is 0 Å². The van der Waals surface area contributed by atoms with Crippen LogP contribution in [0.5, 0.6) is 0 Å². The maximum Gasteiger partial charge on any atom is 0.0439 e. The standard InChI is InChI=1S/C9H10Cl2.C2H6/c1-2-3-7-6-8(10)4-5-9(7)11;1-2/h4-6H,2-3H2,1H3;1-2H3. The first-order valence-corrected chi connectivity index (χ1v) is 5.43. The predicted octanol–water partition coefficient (Wildman–Crippen LogP) is 4.97. The van der Waals surface area contributed by atoms with Gasteiger partial charge in [0.25, 0.3) is 0 Å². The van der Waals surface area contributed by atoms with Gasteiger partial charge in [-0.2, -0.15) is 0 Å². The van der Waals surface area contributed by atoms with Crippen LogP contribution in [0.15, 0.2) is 18.2 Å². The van der Waals surface area contributed by atoms with E-state index in [1.807, 2.05) is 32.0 Å². The lowest BCUT2D eigenvalue weighted by Crippen LogP contribution is -1.83. The van der Waals surface area contributed by atoms with Crippen molar-refractivity contribution in [2.45, 2.75) is 33.6 Å². The zero-order valence-electron chi connectivity index (χ0n) is 8.40. The molecule has 0 unspecified atom stereocenters. The van der Waals surface area contributed by atoms with E-state index in [0.717, 1.165) is 28.5 Å². The van der Waals surface area contributed by atoms with Gasteiger partial charge in [0.1, 0.15) is 0 Å². The van der Waals surface area contributed by atoms with E-state index in [2.05, 4.69) is 6.92 Å². The lowest BCUT2D eigenvalue weighted by atomic mass is 10.1. The molecule has 0 aliphatic heterocycles. The van der Waals surface area contributed by atoms with E-state index < -0.39 is 0 Å². The fraction of sp³-hybridized carbons (Fsp3) is 0.455. The Morgan fingerprint density at radius 2 is 1.77 bits per heavy atom. The molecule has 13 heavy (non-hydrogen) atoms. The summed E-state index contributed by atoms with van der Waals surface area (Å²) >= 11 is 11.7. The smallest absolute Gasteiger partial charge is 0.0439 e. The molecule has 0 spiro atoms. The van der Waals surface area contributed by atoms with E-state index in [0.29, 0.717) is 0 Å². The fourth-order valence-corrected chi connectivity index (χ4v) is 1.41. The molecular formula is C11H16Cl2. The topological polar surface area (TPSA) is 0 Å². The summed E-state index contributed by atoms with van der Waals surface area (Å²) < 4.78 is 0. The molecule has 0 saturated carbocycles. The Kier molecular flexibility index (Phi) is 7.12. The Morgan fingerprint density at radius 1 is 1.15 bits per heavy atom. The molecule has 0 N–H and O–H groups in total. The van der Waals surface area contributed by atoms with E-state index >= 15 is 0 Å². The van der Waals surface area contributed by atoms with E-state index in [1.54, 1.807) is 0 Å². The molecule has 1 aromatic carbocycles. The van der Waals surface area contributed by atoms with Crippen molar-refractivity contribution in [3.63, 3.8) is 0 Å². The summed E-state index contributed by atoms with van der Waals surface area (Å²) in [5, 5.41) is 1.58. The van der Waals surface area contributed by atoms with Crippen molar-refractivity contribution in [1.82, 2.24) is 0 Å². The predicted molar refractivity (Wildman–Crippen MR) is 61.8 cm³/mol. The van der Waals surface area contributed by atoms with E-state index in [9.17, 15) is 0 Å². The summed E-state index contributed by atoms with van der Waals surface area (Å²) in [4.78, 5) is 0. The highest BCUT2D eigenvalue weighted by molar-refractivity contribution is 6.33. The molecule has 0 bridgehead atoms. The maximum absolute atomic E-state index is 5.92. The lowest BCUT2D eigenvalue weighted by molar-refractivity contribution is 0.922. The highest BCUT2D eigenvalue weighted by atomic mass is 35.5. The fourth-order valence-electron chi connectivity index (χ4n) is 1.00. The van der Waals surface area contributed by atoms with E-state index in [-0.39, 0.29) is 0 Å². The Morgan fingerprint density at radius 3 is 2.31 bits per heavy atom. The highest BCUT2D eigenvalue weighted by Crippen LogP contribution is 2.21. The van der Waals surface area contributed by atoms with Gasteiger partial charge in [0, 0.05) is 10.0 Å². The molecule has 0 nitrogen and oxygen atoms in total. The second-order valence-corrected chi connectivity index (χ2v) is 3.33. The molecule has 74 valence electrons. The minimum atomic E-state index is 0.762. The van der Waals surface area contributed by atoms with Crippen LogP contribution in [0.4, 0.5) is 0 Å². The van der Waals surface area contributed by atoms with Crippen molar-refractivity contribution in [2.75, 3.05) is 0 Å². The van der Waals surface area contributed by atoms with Gasteiger partial charge in [0.05, 0.1) is 0 Å². The summed E-state index contributed by atoms with van der Waals surface area (Å²) in [5.41, 5.74) is 1.14. The first-order valence-electron chi connectivity index (χ1n) is 4.68. The summed E-state index contributed by atoms with van der Waals surface area (Å²) in [6.07, 6.45) is 2.10. The molecule has 2 heteroatoms. The van der Waals surface area contributed by atoms with Gasteiger partial charge in [-0.1, -0.05) is 50.4 Å². The van der Waals surface area contributed by atoms with Gasteiger partial charge < -0.3 is 0 Å². The van der Waals surface area contributed by atoms with Crippen LogP contribution in [0.3, 0.4) is 0 Å². The van der Waals surface area contributed by atoms with Crippen LogP contribution >= 0.6 is 23.2 Å². The third kappa shape index (κ3) is 4.54. The minimum Gasteiger partial charge on any atom is -0.0843 e. The molecule has 0 saturated heterocycles. The van der Waals surface area contributed by atoms with Gasteiger partial charge in [0.2, 0.25) is 0 Å². The second kappa shape index (κ2) is 7.23. The molecule has 1 rings (SSSR count). The molecule has 1 aromatic rings. The van der Waals surface area contributed by atoms with Gasteiger partial charge in [0.15, 0.2) is 0 Å². The Labute approximate surface area is 90.9 Å². The zero-order chi connectivity index (χ0) is 10.3. The molecule has 0 heterocycles. The van der Waals surface area contributed by atoms with Gasteiger partial charge in [-0.25, -0.2) is 0 Å². The Bertz CT molecular complexity index is 244. The van der Waals surface area contributed by atoms with Crippen molar-refractivity contribution >= 4 is 23.2 Å². The third-order valence-electron chi connectivity index (χ3n) is 1.53. The van der Waals surface area contributed by atoms with Gasteiger partial charge in [-0.3, -0.25) is 0 Å². The number of hydrogen-bond donors (Lipinski definition) is 0. The van der Waals surface area contributed by atoms with Crippen LogP contribution in [0, 0.1) is 0 Å². The van der Waals surface area contributed by atoms with Crippen molar-refractivity contribution in [1.29, 1.82) is 0 Å². The van der Waals surface area contributed by atoms with Crippen LogP contribution in [-0.2, 0) is 6.42 Å². The quantitative estimate of drug-likeness (QED) is 0.658. The summed E-state index contributed by atoms with van der Waals surface area (Å²) in [7, 11) is 0. The molecule has 0 atom stereocenters. The average molecular weight is 219 g/mol. The van der Waals surface area contributed by atoms with Gasteiger partial charge >= 0.3 is 0 Å². The average Bonchev–Trinajstić information content (AvgIpc) is 2.15. The monoisotopic (exact) mass is 218 g/mol. The molecule has 0 aromatic heterocycles. The SMILES string of the molecule is CC.CCCc1cc(Cl)ccc1Cl. The maximum atomic E-state index is 5.92. The highest BCUT2D eigenvalue weighted by Gasteiger charge is 1.98. The first kappa shape index (κ1) is 12.8. The van der Waals surface area contributed by atoms with Crippen LogP contribution < -0.4 is 0 Å². The summed E-state index contributed by atoms with van der Waals surface area (Å²) in [5.74, 6) is 0. The lowest BCUT2D eigenvalue weighted by Gasteiger charge is -2.01. The minimum absolute atomic E-state index is 0.762. The van der Waals surface area contributed by atoms with E-state index in [4.69, 9.17) is 23.2 Å². The Hall–Kier alpha value is -0.200. The molecule has 0 radical (unpaired) electrons. The summed E-state index contributed by atoms with van der Waals surface area (Å²) in [6, 6.07) is 5.57. The van der Waals surface area contributed by atoms with E-state index in [1.165, 1.54) is 0 Å². The number of rotatable bonds is 2. The Balaban J connectivity index is 0.000000671.